The first-order chi connectivity index (χ1) is 21.4. The molecule has 0 amide bonds. The molecule has 5 nitrogen and oxygen atoms in total. The molecule has 6 aromatic rings. The van der Waals surface area contributed by atoms with Gasteiger partial charge in [-0.3, -0.25) is 4.79 Å². The van der Waals surface area contributed by atoms with E-state index in [1.54, 1.807) is 18.2 Å². The Bertz CT molecular complexity index is 1920. The maximum Gasteiger partial charge on any atom is 0.293 e. The van der Waals surface area contributed by atoms with Gasteiger partial charge in [-0.05, 0) is 70.1 Å². The summed E-state index contributed by atoms with van der Waals surface area (Å²) < 4.78 is 25.2. The van der Waals surface area contributed by atoms with Crippen LogP contribution in [-0.2, 0) is 0 Å². The SMILES string of the molecule is CC(C)P(Oc1ccc2ccccc2c1)Oc1ccccc1C(=O)c1ccccc1OP(C)Oc1ccc2ccccc2c1. The molecule has 0 radical (unpaired) electrons. The maximum atomic E-state index is 14.0. The van der Waals surface area contributed by atoms with E-state index in [2.05, 4.69) is 32.0 Å². The van der Waals surface area contributed by atoms with Gasteiger partial charge in [0.1, 0.15) is 23.0 Å². The summed E-state index contributed by atoms with van der Waals surface area (Å²) in [6.07, 6.45) is 0. The van der Waals surface area contributed by atoms with Crippen LogP contribution in [0.3, 0.4) is 0 Å². The van der Waals surface area contributed by atoms with Gasteiger partial charge in [-0.1, -0.05) is 98.8 Å². The van der Waals surface area contributed by atoms with Gasteiger partial charge in [-0.15, -0.1) is 0 Å². The van der Waals surface area contributed by atoms with Crippen LogP contribution in [0.1, 0.15) is 29.8 Å². The molecular formula is C37H32O5P2. The van der Waals surface area contributed by atoms with Gasteiger partial charge in [0.15, 0.2) is 0 Å². The molecule has 6 aromatic carbocycles. The Balaban J connectivity index is 1.21. The van der Waals surface area contributed by atoms with Crippen molar-refractivity contribution < 1.29 is 22.9 Å². The summed E-state index contributed by atoms with van der Waals surface area (Å²) in [4.78, 5) is 14.0. The molecule has 0 saturated heterocycles. The minimum absolute atomic E-state index is 0.0751. The van der Waals surface area contributed by atoms with Gasteiger partial charge < -0.3 is 18.1 Å². The molecule has 7 heteroatoms. The molecule has 0 saturated carbocycles. The van der Waals surface area contributed by atoms with Crippen molar-refractivity contribution in [1.82, 2.24) is 0 Å². The third-order valence-corrected chi connectivity index (χ3v) is 9.50. The van der Waals surface area contributed by atoms with Crippen molar-refractivity contribution in [3.05, 3.63) is 145 Å². The summed E-state index contributed by atoms with van der Waals surface area (Å²) in [7, 11) is -2.77. The summed E-state index contributed by atoms with van der Waals surface area (Å²) in [5, 5.41) is 4.47. The molecule has 0 aromatic heterocycles. The van der Waals surface area contributed by atoms with Crippen molar-refractivity contribution in [2.24, 2.45) is 0 Å². The van der Waals surface area contributed by atoms with Crippen molar-refractivity contribution in [2.45, 2.75) is 19.5 Å². The van der Waals surface area contributed by atoms with Crippen molar-refractivity contribution in [3.8, 4) is 23.0 Å². The van der Waals surface area contributed by atoms with E-state index in [-0.39, 0.29) is 11.4 Å². The van der Waals surface area contributed by atoms with E-state index in [4.69, 9.17) is 18.1 Å². The predicted molar refractivity (Wildman–Crippen MR) is 182 cm³/mol. The molecule has 0 aliphatic carbocycles. The summed E-state index contributed by atoms with van der Waals surface area (Å²) >= 11 is 0. The van der Waals surface area contributed by atoms with Crippen LogP contribution in [0.25, 0.3) is 21.5 Å². The number of carbonyl (C=O) groups is 1. The Hall–Kier alpha value is -4.43. The van der Waals surface area contributed by atoms with Crippen LogP contribution < -0.4 is 18.1 Å². The molecular weight excluding hydrogens is 586 g/mol. The van der Waals surface area contributed by atoms with Gasteiger partial charge in [-0.2, -0.15) is 0 Å². The van der Waals surface area contributed by atoms with Crippen LogP contribution in [-0.4, -0.2) is 18.1 Å². The number of rotatable bonds is 11. The first-order valence-electron chi connectivity index (χ1n) is 14.4. The van der Waals surface area contributed by atoms with Crippen molar-refractivity contribution in [3.63, 3.8) is 0 Å². The fourth-order valence-electron chi connectivity index (χ4n) is 4.80. The third kappa shape index (κ3) is 6.86. The molecule has 0 heterocycles. The number of carbonyl (C=O) groups excluding carboxylic acids is 1. The van der Waals surface area contributed by atoms with Crippen LogP contribution in [0.4, 0.5) is 0 Å². The van der Waals surface area contributed by atoms with Crippen LogP contribution in [0.5, 0.6) is 23.0 Å². The molecule has 0 fully saturated rings. The number of hydrogen-bond donors (Lipinski definition) is 0. The minimum atomic E-state index is -1.40. The first-order valence-corrected chi connectivity index (χ1v) is 17.3. The van der Waals surface area contributed by atoms with E-state index in [9.17, 15) is 4.79 Å². The molecule has 0 aliphatic rings. The van der Waals surface area contributed by atoms with Crippen molar-refractivity contribution in [1.29, 1.82) is 0 Å². The highest BCUT2D eigenvalue weighted by Crippen LogP contribution is 2.46. The molecule has 2 atom stereocenters. The lowest BCUT2D eigenvalue weighted by molar-refractivity contribution is 0.103. The van der Waals surface area contributed by atoms with E-state index < -0.39 is 16.8 Å². The summed E-state index contributed by atoms with van der Waals surface area (Å²) in [6, 6.07) is 42.8. The Morgan fingerprint density at radius 3 is 1.52 bits per heavy atom. The monoisotopic (exact) mass is 618 g/mol. The molecule has 44 heavy (non-hydrogen) atoms. The van der Waals surface area contributed by atoms with E-state index in [1.807, 2.05) is 104 Å². The Kier molecular flexibility index (Phi) is 9.07. The van der Waals surface area contributed by atoms with E-state index in [0.29, 0.717) is 28.4 Å². The molecule has 6 rings (SSSR count). The molecule has 2 unspecified atom stereocenters. The average molecular weight is 619 g/mol. The fraction of sp³-hybridized carbons (Fsp3) is 0.108. The Morgan fingerprint density at radius 2 is 0.977 bits per heavy atom. The Labute approximate surface area is 260 Å². The topological polar surface area (TPSA) is 54.0 Å². The average Bonchev–Trinajstić information content (AvgIpc) is 3.04. The fourth-order valence-corrected chi connectivity index (χ4v) is 6.81. The molecule has 0 spiro atoms. The van der Waals surface area contributed by atoms with Gasteiger partial charge in [0, 0.05) is 12.3 Å². The van der Waals surface area contributed by atoms with Crippen LogP contribution in [0.2, 0.25) is 0 Å². The lowest BCUT2D eigenvalue weighted by Crippen LogP contribution is -2.10. The predicted octanol–water partition coefficient (Wildman–Crippen LogP) is 10.8. The second-order valence-corrected chi connectivity index (χ2v) is 13.7. The highest BCUT2D eigenvalue weighted by Gasteiger charge is 2.25. The second-order valence-electron chi connectivity index (χ2n) is 10.5. The van der Waals surface area contributed by atoms with E-state index >= 15 is 0 Å². The minimum Gasteiger partial charge on any atom is -0.439 e. The second kappa shape index (κ2) is 13.5. The van der Waals surface area contributed by atoms with Crippen LogP contribution in [0, 0.1) is 0 Å². The normalized spacial score (nSPS) is 12.5. The zero-order valence-corrected chi connectivity index (χ0v) is 26.5. The highest BCUT2D eigenvalue weighted by atomic mass is 31.2. The summed E-state index contributed by atoms with van der Waals surface area (Å²) in [5.74, 6) is 2.18. The highest BCUT2D eigenvalue weighted by molar-refractivity contribution is 7.48. The molecule has 0 bridgehead atoms. The molecule has 0 N–H and O–H groups in total. The van der Waals surface area contributed by atoms with Crippen LogP contribution in [0.15, 0.2) is 133 Å². The number of hydrogen-bond acceptors (Lipinski definition) is 5. The van der Waals surface area contributed by atoms with Gasteiger partial charge in [-0.25, -0.2) is 0 Å². The lowest BCUT2D eigenvalue weighted by atomic mass is 10.0. The number of para-hydroxylation sites is 2. The Morgan fingerprint density at radius 1 is 0.523 bits per heavy atom. The zero-order valence-electron chi connectivity index (χ0n) is 24.7. The summed E-state index contributed by atoms with van der Waals surface area (Å²) in [6.45, 7) is 5.99. The molecule has 220 valence electrons. The third-order valence-electron chi connectivity index (χ3n) is 6.97. The van der Waals surface area contributed by atoms with Crippen LogP contribution >= 0.6 is 16.8 Å². The standard InChI is InChI=1S/C37H32O5P2/c1-26(2)44(40-32-23-21-28-13-5-7-15-30(28)25-32)42-36-19-11-9-17-34(36)37(38)33-16-8-10-18-35(33)41-43(3)39-31-22-20-27-12-4-6-14-29(27)24-31/h4-26H,1-3H3. The van der Waals surface area contributed by atoms with Gasteiger partial charge in [0.25, 0.3) is 16.8 Å². The smallest absolute Gasteiger partial charge is 0.293 e. The van der Waals surface area contributed by atoms with Gasteiger partial charge >= 0.3 is 0 Å². The summed E-state index contributed by atoms with van der Waals surface area (Å²) in [5.41, 5.74) is 0.949. The molecule has 0 aliphatic heterocycles. The number of benzene rings is 6. The van der Waals surface area contributed by atoms with Gasteiger partial charge in [0.05, 0.1) is 11.1 Å². The lowest BCUT2D eigenvalue weighted by Gasteiger charge is -2.23. The van der Waals surface area contributed by atoms with E-state index in [0.717, 1.165) is 27.3 Å². The largest absolute Gasteiger partial charge is 0.439 e. The zero-order chi connectivity index (χ0) is 30.5. The quantitative estimate of drug-likeness (QED) is 0.107. The van der Waals surface area contributed by atoms with E-state index in [1.165, 1.54) is 0 Å². The first kappa shape index (κ1) is 29.6. The van der Waals surface area contributed by atoms with Crippen molar-refractivity contribution >= 4 is 44.1 Å². The van der Waals surface area contributed by atoms with Gasteiger partial charge in [0.2, 0.25) is 5.78 Å². The number of ketones is 1. The maximum absolute atomic E-state index is 14.0. The number of fused-ring (bicyclic) bond motifs is 2. The van der Waals surface area contributed by atoms with Crippen molar-refractivity contribution in [2.75, 3.05) is 6.66 Å².